The van der Waals surface area contributed by atoms with Crippen LogP contribution in [0.2, 0.25) is 0 Å². The van der Waals surface area contributed by atoms with Crippen LogP contribution in [0.4, 0.5) is 28.4 Å². The Balaban J connectivity index is 1.51. The summed E-state index contributed by atoms with van der Waals surface area (Å²) in [4.78, 5) is 23.1. The number of para-hydroxylation sites is 1. The van der Waals surface area contributed by atoms with E-state index in [-0.39, 0.29) is 22.7 Å². The highest BCUT2D eigenvalue weighted by Gasteiger charge is 2.37. The van der Waals surface area contributed by atoms with E-state index in [1.807, 2.05) is 0 Å². The summed E-state index contributed by atoms with van der Waals surface area (Å²) in [5, 5.41) is 15.8. The number of hydrogen-bond donors (Lipinski definition) is 6. The number of ketones is 2. The molecule has 0 spiro atoms. The Morgan fingerprint density at radius 1 is 0.739 bits per heavy atom. The molecule has 0 heterocycles. The highest BCUT2D eigenvalue weighted by molar-refractivity contribution is 7.91. The van der Waals surface area contributed by atoms with Gasteiger partial charge in [0.1, 0.15) is 21.2 Å². The SMILES string of the molecule is NC1=CC(=O)C=C/C1=N\Nc1ccc(N=Nc2c(S(=O)(=O)O)cc3c(c2N)C(=O)/C(=N\Nc2ccccc2)C(S(=O)(=O)O)=C3)cc1. The van der Waals surface area contributed by atoms with E-state index in [0.717, 1.165) is 12.1 Å². The zero-order valence-corrected chi connectivity index (χ0v) is 24.8. The number of carbonyl (C=O) groups is 2. The fraction of sp³-hybridized carbons (Fsp3) is 0. The Morgan fingerprint density at radius 3 is 2.02 bits per heavy atom. The molecule has 0 saturated heterocycles. The lowest BCUT2D eigenvalue weighted by atomic mass is 9.92. The van der Waals surface area contributed by atoms with Gasteiger partial charge in [-0.05, 0) is 66.3 Å². The molecular formula is C28H22N8O8S2. The minimum atomic E-state index is -5.06. The molecule has 0 radical (unpaired) electrons. The molecule has 16 nitrogen and oxygen atoms in total. The van der Waals surface area contributed by atoms with Crippen LogP contribution in [0.25, 0.3) is 6.08 Å². The third kappa shape index (κ3) is 6.79. The summed E-state index contributed by atoms with van der Waals surface area (Å²) in [5.41, 5.74) is 16.2. The zero-order valence-electron chi connectivity index (χ0n) is 23.2. The van der Waals surface area contributed by atoms with E-state index >= 15 is 0 Å². The zero-order chi connectivity index (χ0) is 33.2. The molecule has 234 valence electrons. The van der Waals surface area contributed by atoms with Crippen molar-refractivity contribution in [3.05, 3.63) is 101 Å². The van der Waals surface area contributed by atoms with Gasteiger partial charge < -0.3 is 11.5 Å². The molecule has 2 aliphatic carbocycles. The fourth-order valence-electron chi connectivity index (χ4n) is 4.20. The number of carbonyl (C=O) groups excluding carboxylic acids is 2. The van der Waals surface area contributed by atoms with E-state index in [2.05, 4.69) is 31.3 Å². The number of fused-ring (bicyclic) bond motifs is 1. The van der Waals surface area contributed by atoms with Crippen LogP contribution in [0.5, 0.6) is 0 Å². The van der Waals surface area contributed by atoms with Gasteiger partial charge in [0, 0.05) is 6.08 Å². The first-order chi connectivity index (χ1) is 21.7. The smallest absolute Gasteiger partial charge is 0.296 e. The van der Waals surface area contributed by atoms with Crippen molar-refractivity contribution in [2.75, 3.05) is 16.6 Å². The lowest BCUT2D eigenvalue weighted by Crippen LogP contribution is -2.28. The van der Waals surface area contributed by atoms with E-state index in [9.17, 15) is 35.5 Å². The van der Waals surface area contributed by atoms with Crippen LogP contribution in [-0.2, 0) is 25.0 Å². The second-order valence-corrected chi connectivity index (χ2v) is 12.3. The molecule has 0 saturated carbocycles. The van der Waals surface area contributed by atoms with E-state index < -0.39 is 58.5 Å². The Morgan fingerprint density at radius 2 is 1.39 bits per heavy atom. The van der Waals surface area contributed by atoms with Crippen molar-refractivity contribution in [2.24, 2.45) is 26.2 Å². The van der Waals surface area contributed by atoms with Crippen LogP contribution in [0.1, 0.15) is 15.9 Å². The van der Waals surface area contributed by atoms with E-state index in [0.29, 0.717) is 17.1 Å². The Bertz CT molecular complexity index is 2190. The van der Waals surface area contributed by atoms with Gasteiger partial charge in [0.15, 0.2) is 11.5 Å². The molecule has 46 heavy (non-hydrogen) atoms. The Hall–Kier alpha value is -5.82. The van der Waals surface area contributed by atoms with Crippen molar-refractivity contribution in [1.29, 1.82) is 0 Å². The largest absolute Gasteiger partial charge is 0.397 e. The number of hydrazone groups is 2. The van der Waals surface area contributed by atoms with Crippen LogP contribution in [0, 0.1) is 0 Å². The summed E-state index contributed by atoms with van der Waals surface area (Å²) in [7, 11) is -10.1. The van der Waals surface area contributed by atoms with Crippen molar-refractivity contribution in [2.45, 2.75) is 4.90 Å². The second-order valence-electron chi connectivity index (χ2n) is 9.52. The molecule has 5 rings (SSSR count). The highest BCUT2D eigenvalue weighted by atomic mass is 32.2. The summed E-state index contributed by atoms with van der Waals surface area (Å²) >= 11 is 0. The molecule has 2 aliphatic rings. The molecule has 0 bridgehead atoms. The molecule has 3 aromatic rings. The number of Topliss-reactive ketones (excluding diaryl/α,β-unsaturated/α-hetero) is 1. The van der Waals surface area contributed by atoms with Crippen LogP contribution in [-0.4, -0.2) is 48.9 Å². The second kappa shape index (κ2) is 12.3. The van der Waals surface area contributed by atoms with Crippen molar-refractivity contribution in [3.63, 3.8) is 0 Å². The van der Waals surface area contributed by atoms with Gasteiger partial charge in [0.25, 0.3) is 20.2 Å². The first-order valence-electron chi connectivity index (χ1n) is 12.8. The first-order valence-corrected chi connectivity index (χ1v) is 15.7. The van der Waals surface area contributed by atoms with Crippen molar-refractivity contribution in [3.8, 4) is 0 Å². The number of nitrogen functional groups attached to an aromatic ring is 1. The summed E-state index contributed by atoms with van der Waals surface area (Å²) in [6, 6.07) is 15.0. The number of allylic oxidation sites excluding steroid dienone is 4. The van der Waals surface area contributed by atoms with Crippen molar-refractivity contribution < 1.29 is 35.5 Å². The molecule has 0 aromatic heterocycles. The third-order valence-corrected chi connectivity index (χ3v) is 8.09. The van der Waals surface area contributed by atoms with Crippen LogP contribution in [0.3, 0.4) is 0 Å². The molecule has 3 aromatic carbocycles. The van der Waals surface area contributed by atoms with E-state index in [4.69, 9.17) is 11.5 Å². The van der Waals surface area contributed by atoms with Gasteiger partial charge in [-0.3, -0.25) is 29.5 Å². The fourth-order valence-corrected chi connectivity index (χ4v) is 5.53. The van der Waals surface area contributed by atoms with Gasteiger partial charge >= 0.3 is 0 Å². The number of benzene rings is 3. The van der Waals surface area contributed by atoms with Crippen molar-refractivity contribution >= 4 is 77.7 Å². The Kier molecular flexibility index (Phi) is 8.44. The minimum Gasteiger partial charge on any atom is -0.397 e. The molecule has 18 heteroatoms. The monoisotopic (exact) mass is 662 g/mol. The summed E-state index contributed by atoms with van der Waals surface area (Å²) in [5.74, 6) is -1.35. The predicted molar refractivity (Wildman–Crippen MR) is 170 cm³/mol. The number of anilines is 3. The average Bonchev–Trinajstić information content (AvgIpc) is 2.99. The lowest BCUT2D eigenvalue weighted by Gasteiger charge is -2.20. The molecule has 0 aliphatic heterocycles. The van der Waals surface area contributed by atoms with Gasteiger partial charge in [0.05, 0.1) is 34.0 Å². The standard InChI is InChI=1S/C28H22N8O8S2/c29-20-14-19(37)10-11-21(20)34-31-17-6-8-18(9-7-17)33-35-26-22(45(39,40)41)12-15-13-23(46(42,43)44)27(28(38)24(15)25(26)30)36-32-16-4-2-1-3-5-16/h1-14,31-32H,29-30H2,(H,39,40,41)(H,42,43,44)/b34-21+,35-33?,36-27-. The topological polar surface area (TPSA) is 268 Å². The van der Waals surface area contributed by atoms with Crippen LogP contribution < -0.4 is 22.3 Å². The summed E-state index contributed by atoms with van der Waals surface area (Å²) in [6.45, 7) is 0. The molecule has 0 unspecified atom stereocenters. The molecule has 0 amide bonds. The lowest BCUT2D eigenvalue weighted by molar-refractivity contribution is -0.110. The van der Waals surface area contributed by atoms with Crippen LogP contribution in [0.15, 0.2) is 115 Å². The average molecular weight is 663 g/mol. The highest BCUT2D eigenvalue weighted by Crippen LogP contribution is 2.40. The number of rotatable bonds is 8. The first kappa shape index (κ1) is 31.6. The summed E-state index contributed by atoms with van der Waals surface area (Å²) < 4.78 is 68.8. The number of nitrogens with zero attached hydrogens (tertiary/aromatic N) is 4. The number of nitrogens with two attached hydrogens (primary N) is 2. The molecule has 8 N–H and O–H groups in total. The van der Waals surface area contributed by atoms with Gasteiger partial charge in [-0.2, -0.15) is 32.2 Å². The number of hydrogen-bond acceptors (Lipinski definition) is 14. The number of azo groups is 1. The maximum absolute atomic E-state index is 13.6. The van der Waals surface area contributed by atoms with Gasteiger partial charge in [-0.1, -0.05) is 18.2 Å². The minimum absolute atomic E-state index is 0.178. The summed E-state index contributed by atoms with van der Waals surface area (Å²) in [6.07, 6.45) is 4.77. The predicted octanol–water partition coefficient (Wildman–Crippen LogP) is 3.57. The van der Waals surface area contributed by atoms with Gasteiger partial charge in [0.2, 0.25) is 5.78 Å². The normalized spacial score (nSPS) is 16.8. The van der Waals surface area contributed by atoms with Crippen molar-refractivity contribution in [1.82, 2.24) is 0 Å². The molecule has 0 atom stereocenters. The van der Waals surface area contributed by atoms with Crippen LogP contribution >= 0.6 is 0 Å². The van der Waals surface area contributed by atoms with Gasteiger partial charge in [-0.25, -0.2) is 0 Å². The maximum Gasteiger partial charge on any atom is 0.296 e. The molecule has 0 fully saturated rings. The van der Waals surface area contributed by atoms with E-state index in [1.165, 1.54) is 30.4 Å². The maximum atomic E-state index is 13.6. The van der Waals surface area contributed by atoms with E-state index in [1.54, 1.807) is 42.5 Å². The Labute approximate surface area is 261 Å². The third-order valence-electron chi connectivity index (χ3n) is 6.36. The molecular weight excluding hydrogens is 640 g/mol. The quantitative estimate of drug-likeness (QED) is 0.0664. The van der Waals surface area contributed by atoms with Gasteiger partial charge in [-0.15, -0.1) is 5.11 Å². The number of nitrogens with one attached hydrogen (secondary N) is 2.